The summed E-state index contributed by atoms with van der Waals surface area (Å²) in [4.78, 5) is 35.7. The van der Waals surface area contributed by atoms with Crippen LogP contribution in [0, 0.1) is 0 Å². The van der Waals surface area contributed by atoms with Crippen LogP contribution >= 0.6 is 7.82 Å². The first kappa shape index (κ1) is 57.5. The highest BCUT2D eigenvalue weighted by Gasteiger charge is 2.51. The number of rotatable bonds is 37. The van der Waals surface area contributed by atoms with Gasteiger partial charge in [0.1, 0.15) is 43.2 Å². The largest absolute Gasteiger partial charge is 0.472 e. The average molecular weight is 901 g/mol. The van der Waals surface area contributed by atoms with Crippen molar-refractivity contribution in [2.24, 2.45) is 0 Å². The molecule has 0 heterocycles. The number of carbonyl (C=O) groups excluding carboxylic acids is 2. The van der Waals surface area contributed by atoms with Crippen molar-refractivity contribution in [3.05, 3.63) is 60.8 Å². The second-order valence-electron chi connectivity index (χ2n) is 16.1. The molecular formula is C47H81O14P. The zero-order chi connectivity index (χ0) is 45.9. The Bertz CT molecular complexity index is 1330. The fraction of sp³-hybridized carbons (Fsp3) is 0.745. The topological polar surface area (TPSA) is 230 Å². The third kappa shape index (κ3) is 29.1. The molecule has 0 radical (unpaired) electrons. The maximum atomic E-state index is 12.8. The molecule has 0 aromatic carbocycles. The first-order valence-corrected chi connectivity index (χ1v) is 24.7. The van der Waals surface area contributed by atoms with Gasteiger partial charge in [-0.3, -0.25) is 18.6 Å². The summed E-state index contributed by atoms with van der Waals surface area (Å²) >= 11 is 0. The molecule has 62 heavy (non-hydrogen) atoms. The first-order chi connectivity index (χ1) is 29.8. The van der Waals surface area contributed by atoms with Crippen molar-refractivity contribution in [3.8, 4) is 0 Å². The van der Waals surface area contributed by atoms with E-state index in [1.54, 1.807) is 6.08 Å². The molecule has 0 amide bonds. The lowest BCUT2D eigenvalue weighted by Gasteiger charge is -2.41. The molecule has 1 aliphatic carbocycles. The Balaban J connectivity index is 2.52. The monoisotopic (exact) mass is 901 g/mol. The number of phosphoric acid groups is 1. The van der Waals surface area contributed by atoms with Gasteiger partial charge in [0, 0.05) is 12.8 Å². The molecule has 7 atom stereocenters. The van der Waals surface area contributed by atoms with Gasteiger partial charge in [-0.1, -0.05) is 164 Å². The standard InChI is InChI=1S/C47H81O14P/c1-3-5-7-9-10-11-12-13-14-15-16-20-23-26-30-34-40(49)58-36-39(37-59-62(56,57)61-47-45(54)43(52)42(51)44(53)46(47)55)60-41(50)35-31-27-24-21-18-17-19-22-25-29-33-38(48)32-28-8-6-4-2/h6,8,17,19,21,24-25,28-29,32,38-39,42-48,51-55H,3-5,7,9-16,18,20,22-23,26-27,30-31,33-37H2,1-2H3,(H,56,57). The number of hydrogen-bond acceptors (Lipinski definition) is 13. The molecule has 15 heteroatoms. The number of phosphoric ester groups is 1. The maximum Gasteiger partial charge on any atom is 0.472 e. The lowest BCUT2D eigenvalue weighted by atomic mass is 9.85. The number of unbranched alkanes of at least 4 members (excludes halogenated alkanes) is 15. The Morgan fingerprint density at radius 1 is 0.597 bits per heavy atom. The number of carbonyl (C=O) groups is 2. The molecule has 1 saturated carbocycles. The third-order valence-corrected chi connectivity index (χ3v) is 11.4. The molecule has 0 saturated heterocycles. The van der Waals surface area contributed by atoms with Crippen LogP contribution in [0.4, 0.5) is 0 Å². The van der Waals surface area contributed by atoms with Crippen LogP contribution in [0.25, 0.3) is 0 Å². The highest BCUT2D eigenvalue weighted by molar-refractivity contribution is 7.47. The van der Waals surface area contributed by atoms with Crippen molar-refractivity contribution in [2.75, 3.05) is 13.2 Å². The fourth-order valence-corrected chi connectivity index (χ4v) is 7.66. The Morgan fingerprint density at radius 3 is 1.66 bits per heavy atom. The van der Waals surface area contributed by atoms with Gasteiger partial charge >= 0.3 is 19.8 Å². The molecule has 1 fully saturated rings. The van der Waals surface area contributed by atoms with Gasteiger partial charge < -0.3 is 45.0 Å². The van der Waals surface area contributed by atoms with E-state index >= 15 is 0 Å². The maximum absolute atomic E-state index is 12.8. The van der Waals surface area contributed by atoms with Crippen LogP contribution in [0.3, 0.4) is 0 Å². The number of aliphatic hydroxyl groups excluding tert-OH is 6. The minimum Gasteiger partial charge on any atom is -0.462 e. The molecule has 0 aliphatic heterocycles. The van der Waals surface area contributed by atoms with Gasteiger partial charge in [-0.2, -0.15) is 0 Å². The van der Waals surface area contributed by atoms with Crippen molar-refractivity contribution in [1.29, 1.82) is 0 Å². The van der Waals surface area contributed by atoms with Gasteiger partial charge in [-0.05, 0) is 44.9 Å². The van der Waals surface area contributed by atoms with E-state index in [4.69, 9.17) is 18.5 Å². The average Bonchev–Trinajstić information content (AvgIpc) is 3.25. The molecule has 7 unspecified atom stereocenters. The summed E-state index contributed by atoms with van der Waals surface area (Å²) in [7, 11) is -5.15. The number of esters is 2. The lowest BCUT2D eigenvalue weighted by molar-refractivity contribution is -0.220. The highest BCUT2D eigenvalue weighted by Crippen LogP contribution is 2.47. The van der Waals surface area contributed by atoms with Crippen LogP contribution in [-0.4, -0.2) is 110 Å². The summed E-state index contributed by atoms with van der Waals surface area (Å²) in [5.74, 6) is -1.20. The van der Waals surface area contributed by atoms with Gasteiger partial charge in [0.15, 0.2) is 6.10 Å². The van der Waals surface area contributed by atoms with E-state index in [1.807, 2.05) is 61.6 Å². The second kappa shape index (κ2) is 36.8. The molecule has 0 bridgehead atoms. The predicted molar refractivity (Wildman–Crippen MR) is 241 cm³/mol. The Morgan fingerprint density at radius 2 is 1.10 bits per heavy atom. The molecule has 358 valence electrons. The summed E-state index contributed by atoms with van der Waals surface area (Å²) in [6.45, 7) is 3.04. The quantitative estimate of drug-likeness (QED) is 0.0103. The molecule has 1 aliphatic rings. The molecule has 0 spiro atoms. The summed E-state index contributed by atoms with van der Waals surface area (Å²) in [6, 6.07) is 0. The Kier molecular flexibility index (Phi) is 34.2. The number of allylic oxidation sites excluding steroid dienone is 8. The van der Waals surface area contributed by atoms with Crippen LogP contribution in [0.2, 0.25) is 0 Å². The number of hydrogen-bond donors (Lipinski definition) is 7. The number of aliphatic hydroxyl groups is 6. The van der Waals surface area contributed by atoms with Gasteiger partial charge in [0.25, 0.3) is 0 Å². The summed E-state index contributed by atoms with van der Waals surface area (Å²) in [5.41, 5.74) is 0. The molecule has 7 N–H and O–H groups in total. The van der Waals surface area contributed by atoms with Crippen LogP contribution in [-0.2, 0) is 32.7 Å². The van der Waals surface area contributed by atoms with E-state index in [0.29, 0.717) is 32.1 Å². The minimum atomic E-state index is -5.15. The fourth-order valence-electron chi connectivity index (χ4n) is 6.69. The molecule has 0 aromatic rings. The molecule has 14 nitrogen and oxygen atoms in total. The molecule has 0 aromatic heterocycles. The summed E-state index contributed by atoms with van der Waals surface area (Å²) < 4.78 is 33.4. The van der Waals surface area contributed by atoms with E-state index < -0.39 is 81.8 Å². The Labute approximate surface area is 371 Å². The Hall–Kier alpha value is -2.49. The van der Waals surface area contributed by atoms with Crippen molar-refractivity contribution in [3.63, 3.8) is 0 Å². The van der Waals surface area contributed by atoms with E-state index in [-0.39, 0.29) is 12.8 Å². The highest BCUT2D eigenvalue weighted by atomic mass is 31.2. The van der Waals surface area contributed by atoms with Gasteiger partial charge in [-0.25, -0.2) is 4.57 Å². The lowest BCUT2D eigenvalue weighted by Crippen LogP contribution is -2.64. The first-order valence-electron chi connectivity index (χ1n) is 23.2. The summed E-state index contributed by atoms with van der Waals surface area (Å²) in [5, 5.41) is 60.1. The smallest absolute Gasteiger partial charge is 0.462 e. The van der Waals surface area contributed by atoms with E-state index in [2.05, 4.69) is 6.92 Å². The normalized spacial score (nSPS) is 22.9. The van der Waals surface area contributed by atoms with Crippen LogP contribution in [0.15, 0.2) is 60.8 Å². The van der Waals surface area contributed by atoms with Crippen molar-refractivity contribution >= 4 is 19.8 Å². The second-order valence-corrected chi connectivity index (χ2v) is 17.5. The van der Waals surface area contributed by atoms with Gasteiger partial charge in [0.05, 0.1) is 12.7 Å². The summed E-state index contributed by atoms with van der Waals surface area (Å²) in [6.07, 6.45) is 27.4. The van der Waals surface area contributed by atoms with Gasteiger partial charge in [-0.15, -0.1) is 0 Å². The van der Waals surface area contributed by atoms with Gasteiger partial charge in [0.2, 0.25) is 0 Å². The van der Waals surface area contributed by atoms with Crippen LogP contribution < -0.4 is 0 Å². The van der Waals surface area contributed by atoms with E-state index in [0.717, 1.165) is 32.1 Å². The number of ether oxygens (including phenoxy) is 2. The molecular weight excluding hydrogens is 819 g/mol. The van der Waals surface area contributed by atoms with Crippen molar-refractivity contribution in [2.45, 2.75) is 210 Å². The SMILES string of the molecule is CCC=CC=CC(O)CC=CCC=CCC=CCCCC(=O)OC(COC(=O)CCCCCCCCCCCCCCCCC)COP(=O)(O)OC1C(O)C(O)C(O)C(O)C1O. The zero-order valence-electron chi connectivity index (χ0n) is 37.5. The zero-order valence-corrected chi connectivity index (χ0v) is 38.4. The minimum absolute atomic E-state index is 0.00365. The van der Waals surface area contributed by atoms with Crippen molar-refractivity contribution in [1.82, 2.24) is 0 Å². The molecule has 1 rings (SSSR count). The van der Waals surface area contributed by atoms with E-state index in [9.17, 15) is 49.7 Å². The third-order valence-electron chi connectivity index (χ3n) is 10.5. The van der Waals surface area contributed by atoms with Crippen molar-refractivity contribution < 1.29 is 68.2 Å². The predicted octanol–water partition coefficient (Wildman–Crippen LogP) is 7.92. The van der Waals surface area contributed by atoms with Crippen LogP contribution in [0.1, 0.15) is 162 Å². The van der Waals surface area contributed by atoms with Crippen LogP contribution in [0.5, 0.6) is 0 Å². The van der Waals surface area contributed by atoms with E-state index in [1.165, 1.54) is 70.6 Å².